The van der Waals surface area contributed by atoms with Crippen molar-refractivity contribution in [1.29, 1.82) is 0 Å². The molecule has 2 fully saturated rings. The number of carbonyl (C=O) groups is 2. The van der Waals surface area contributed by atoms with E-state index < -0.39 is 0 Å². The molecule has 6 rings (SSSR count). The number of hydrogen-bond donors (Lipinski definition) is 1. The van der Waals surface area contributed by atoms with Crippen LogP contribution in [0.25, 0.3) is 0 Å². The summed E-state index contributed by atoms with van der Waals surface area (Å²) in [5, 5.41) is 7.80. The van der Waals surface area contributed by atoms with Gasteiger partial charge >= 0.3 is 0 Å². The summed E-state index contributed by atoms with van der Waals surface area (Å²) in [7, 11) is 1.89. The summed E-state index contributed by atoms with van der Waals surface area (Å²) in [6.45, 7) is 11.0. The second kappa shape index (κ2) is 12.5. The van der Waals surface area contributed by atoms with Crippen molar-refractivity contribution in [3.05, 3.63) is 83.2 Å². The number of piperazine rings is 1. The number of para-hydroxylation sites is 2. The van der Waals surface area contributed by atoms with Crippen LogP contribution in [0.5, 0.6) is 0 Å². The number of nitrogens with zero attached hydrogens (tertiary/aromatic N) is 6. The van der Waals surface area contributed by atoms with Gasteiger partial charge in [0.15, 0.2) is 5.78 Å². The van der Waals surface area contributed by atoms with Gasteiger partial charge < -0.3 is 20.0 Å². The second-order valence-electron chi connectivity index (χ2n) is 11.7. The molecular weight excluding hydrogens is 526 g/mol. The Balaban J connectivity index is 1.08. The van der Waals surface area contributed by atoms with Crippen LogP contribution >= 0.6 is 0 Å². The first kappa shape index (κ1) is 28.2. The monoisotopic (exact) mass is 567 g/mol. The van der Waals surface area contributed by atoms with Crippen LogP contribution in [-0.2, 0) is 13.6 Å². The third kappa shape index (κ3) is 6.12. The maximum atomic E-state index is 13.8. The van der Waals surface area contributed by atoms with Crippen molar-refractivity contribution in [3.8, 4) is 0 Å². The number of fused-ring (bicyclic) bond motifs is 2. The summed E-state index contributed by atoms with van der Waals surface area (Å²) >= 11 is 0. The summed E-state index contributed by atoms with van der Waals surface area (Å²) in [6, 6.07) is 13.2. The van der Waals surface area contributed by atoms with E-state index in [-0.39, 0.29) is 11.7 Å². The Labute approximate surface area is 248 Å². The molecule has 0 atom stereocenters. The smallest absolute Gasteiger partial charge is 0.258 e. The van der Waals surface area contributed by atoms with Gasteiger partial charge in [-0.1, -0.05) is 24.6 Å². The minimum atomic E-state index is -0.114. The van der Waals surface area contributed by atoms with Crippen molar-refractivity contribution in [2.45, 2.75) is 32.7 Å². The van der Waals surface area contributed by atoms with Crippen LogP contribution in [0.4, 0.5) is 17.2 Å². The van der Waals surface area contributed by atoms with E-state index in [9.17, 15) is 9.59 Å². The van der Waals surface area contributed by atoms with Crippen LogP contribution in [0.3, 0.4) is 0 Å². The lowest BCUT2D eigenvalue weighted by Gasteiger charge is -2.36. The van der Waals surface area contributed by atoms with Gasteiger partial charge in [-0.3, -0.25) is 19.2 Å². The fraction of sp³-hybridized carbons (Fsp3) is 0.424. The van der Waals surface area contributed by atoms with Gasteiger partial charge in [-0.15, -0.1) is 0 Å². The Morgan fingerprint density at radius 1 is 0.929 bits per heavy atom. The summed E-state index contributed by atoms with van der Waals surface area (Å²) < 4.78 is 1.79. The minimum Gasteiger partial charge on any atom is -0.375 e. The van der Waals surface area contributed by atoms with E-state index in [0.29, 0.717) is 17.7 Å². The molecule has 1 aromatic heterocycles. The number of likely N-dealkylation sites (tertiary alicyclic amines) is 1. The number of carbonyl (C=O) groups excluding carboxylic acids is 2. The lowest BCUT2D eigenvalue weighted by atomic mass is 10.0. The molecule has 9 heteroatoms. The number of nitrogens with one attached hydrogen (secondary N) is 1. The highest BCUT2D eigenvalue weighted by atomic mass is 16.2. The van der Waals surface area contributed by atoms with Gasteiger partial charge in [-0.2, -0.15) is 5.10 Å². The molecule has 2 saturated heterocycles. The van der Waals surface area contributed by atoms with Gasteiger partial charge in [0.1, 0.15) is 5.82 Å². The molecule has 0 bridgehead atoms. The van der Waals surface area contributed by atoms with E-state index in [1.807, 2.05) is 50.5 Å². The highest BCUT2D eigenvalue weighted by molar-refractivity contribution is 6.10. The standard InChI is InChI=1S/C33H41N7O2/c1-25-22-26(33(42)40-24-27-23-34-36(2)32(27)35-29-8-4-5-9-30(29)40)10-11-28(25)31(41)12-15-38-17-20-39(21-18-38)19-16-37-13-6-3-7-14-37/h4-5,8-12,15,22-23,35H,3,6-7,13-14,16-21,24H2,1-2H3. The predicted molar refractivity (Wildman–Crippen MR) is 166 cm³/mol. The number of ketones is 1. The van der Waals surface area contributed by atoms with Gasteiger partial charge in [0.25, 0.3) is 5.91 Å². The summed E-state index contributed by atoms with van der Waals surface area (Å²) in [5.41, 5.74) is 4.57. The SMILES string of the molecule is Cc1cc(C(=O)N2Cc3cnn(C)c3Nc3ccccc32)ccc1C(=O)C=CN1CCN(CCN2CCCCC2)CC1. The zero-order chi connectivity index (χ0) is 29.1. The van der Waals surface area contributed by atoms with Gasteiger partial charge in [-0.05, 0) is 62.7 Å². The Hall–Kier alpha value is -3.95. The van der Waals surface area contributed by atoms with Crippen LogP contribution in [0.1, 0.15) is 51.1 Å². The summed E-state index contributed by atoms with van der Waals surface area (Å²) in [4.78, 5) is 36.1. The van der Waals surface area contributed by atoms with E-state index in [1.165, 1.54) is 32.4 Å². The highest BCUT2D eigenvalue weighted by Crippen LogP contribution is 2.36. The molecule has 1 amide bonds. The number of amides is 1. The number of rotatable bonds is 7. The van der Waals surface area contributed by atoms with Crippen molar-refractivity contribution >= 4 is 28.9 Å². The first-order valence-corrected chi connectivity index (χ1v) is 15.2. The lowest BCUT2D eigenvalue weighted by molar-refractivity contribution is 0.0983. The molecule has 1 N–H and O–H groups in total. The molecule has 0 unspecified atom stereocenters. The Morgan fingerprint density at radius 3 is 2.43 bits per heavy atom. The molecule has 3 aliphatic rings. The molecule has 220 valence electrons. The molecular formula is C33H41N7O2. The maximum absolute atomic E-state index is 13.8. The van der Waals surface area contributed by atoms with Gasteiger partial charge in [-0.25, -0.2) is 0 Å². The molecule has 0 spiro atoms. The van der Waals surface area contributed by atoms with Gasteiger partial charge in [0, 0.05) is 75.3 Å². The van der Waals surface area contributed by atoms with E-state index >= 15 is 0 Å². The molecule has 2 aromatic carbocycles. The normalized spacial score (nSPS) is 18.0. The van der Waals surface area contributed by atoms with E-state index in [1.54, 1.807) is 34.0 Å². The van der Waals surface area contributed by atoms with Crippen LogP contribution in [0.2, 0.25) is 0 Å². The maximum Gasteiger partial charge on any atom is 0.258 e. The van der Waals surface area contributed by atoms with Crippen LogP contribution < -0.4 is 10.2 Å². The Morgan fingerprint density at radius 2 is 1.67 bits per heavy atom. The zero-order valence-corrected chi connectivity index (χ0v) is 24.8. The number of anilines is 3. The minimum absolute atomic E-state index is 0.0386. The van der Waals surface area contributed by atoms with E-state index in [4.69, 9.17) is 0 Å². The third-order valence-electron chi connectivity index (χ3n) is 8.80. The molecule has 0 aliphatic carbocycles. The van der Waals surface area contributed by atoms with Gasteiger partial charge in [0.2, 0.25) is 0 Å². The summed E-state index contributed by atoms with van der Waals surface area (Å²) in [6.07, 6.45) is 9.46. The fourth-order valence-electron chi connectivity index (χ4n) is 6.23. The largest absolute Gasteiger partial charge is 0.375 e. The van der Waals surface area contributed by atoms with Crippen molar-refractivity contribution in [1.82, 2.24) is 24.5 Å². The molecule has 0 radical (unpaired) electrons. The molecule has 42 heavy (non-hydrogen) atoms. The van der Waals surface area contributed by atoms with Crippen molar-refractivity contribution in [2.75, 3.05) is 62.6 Å². The highest BCUT2D eigenvalue weighted by Gasteiger charge is 2.27. The average molecular weight is 568 g/mol. The van der Waals surface area contributed by atoms with Crippen LogP contribution in [-0.4, -0.2) is 88.5 Å². The molecule has 0 saturated carbocycles. The number of hydrogen-bond acceptors (Lipinski definition) is 7. The number of aryl methyl sites for hydroxylation is 2. The average Bonchev–Trinajstić information content (AvgIpc) is 3.26. The fourth-order valence-corrected chi connectivity index (χ4v) is 6.23. The molecule has 4 heterocycles. The topological polar surface area (TPSA) is 76.9 Å². The van der Waals surface area contributed by atoms with Crippen LogP contribution in [0, 0.1) is 6.92 Å². The summed E-state index contributed by atoms with van der Waals surface area (Å²) in [5.74, 6) is 0.723. The number of allylic oxidation sites excluding steroid dienone is 1. The number of piperidine rings is 1. The van der Waals surface area contributed by atoms with Crippen molar-refractivity contribution in [2.24, 2.45) is 7.05 Å². The second-order valence-corrected chi connectivity index (χ2v) is 11.7. The van der Waals surface area contributed by atoms with Crippen molar-refractivity contribution < 1.29 is 9.59 Å². The first-order valence-electron chi connectivity index (χ1n) is 15.2. The molecule has 3 aliphatic heterocycles. The Kier molecular flexibility index (Phi) is 8.39. The molecule has 9 nitrogen and oxygen atoms in total. The van der Waals surface area contributed by atoms with Crippen LogP contribution in [0.15, 0.2) is 60.9 Å². The number of benzene rings is 2. The van der Waals surface area contributed by atoms with E-state index in [2.05, 4.69) is 25.1 Å². The number of aromatic nitrogens is 2. The van der Waals surface area contributed by atoms with Gasteiger partial charge in [0.05, 0.1) is 24.1 Å². The first-order chi connectivity index (χ1) is 20.5. The Bertz CT molecular complexity index is 1460. The quantitative estimate of drug-likeness (QED) is 0.334. The third-order valence-corrected chi connectivity index (χ3v) is 8.80. The zero-order valence-electron chi connectivity index (χ0n) is 24.8. The predicted octanol–water partition coefficient (Wildman–Crippen LogP) is 4.43. The van der Waals surface area contributed by atoms with E-state index in [0.717, 1.165) is 67.6 Å². The lowest BCUT2D eigenvalue weighted by Crippen LogP contribution is -2.47. The van der Waals surface area contributed by atoms with Crippen molar-refractivity contribution in [3.63, 3.8) is 0 Å². The molecule has 3 aromatic rings.